The van der Waals surface area contributed by atoms with Crippen molar-refractivity contribution in [2.45, 2.75) is 277 Å². The summed E-state index contributed by atoms with van der Waals surface area (Å²) in [6.45, 7) is 4.13. The number of esters is 4. The van der Waals surface area contributed by atoms with Crippen LogP contribution in [0.1, 0.15) is 259 Å². The van der Waals surface area contributed by atoms with Crippen LogP contribution in [-0.2, 0) is 65.4 Å². The van der Waals surface area contributed by atoms with Crippen LogP contribution in [0.15, 0.2) is 231 Å². The number of aliphatic hydroxyl groups excluding tert-OH is 1. The molecule has 5 unspecified atom stereocenters. The number of allylic oxidation sites excluding steroid dienone is 37. The van der Waals surface area contributed by atoms with Gasteiger partial charge >= 0.3 is 39.5 Å². The largest absolute Gasteiger partial charge is 0.472 e. The summed E-state index contributed by atoms with van der Waals surface area (Å²) >= 11 is 0. The van der Waals surface area contributed by atoms with E-state index in [1.807, 2.05) is 30.4 Å². The normalized spacial score (nSPS) is 15.0. The molecule has 0 aliphatic rings. The number of unbranched alkanes of at least 4 members (excludes halogenated alkanes) is 10. The van der Waals surface area contributed by atoms with Crippen molar-refractivity contribution in [2.24, 2.45) is 0 Å². The topological polar surface area (TPSA) is 237 Å². The Morgan fingerprint density at radius 2 is 0.500 bits per heavy atom. The zero-order chi connectivity index (χ0) is 80.3. The van der Waals surface area contributed by atoms with Crippen molar-refractivity contribution in [1.82, 2.24) is 0 Å². The first-order valence-corrected chi connectivity index (χ1v) is 43.6. The molecule has 0 aromatic heterocycles. The molecule has 0 aromatic carbocycles. The van der Waals surface area contributed by atoms with E-state index in [0.29, 0.717) is 32.1 Å². The quantitative estimate of drug-likeness (QED) is 0.0169. The predicted molar refractivity (Wildman–Crippen MR) is 454 cm³/mol. The number of hydrogen-bond donors (Lipinski definition) is 3. The highest BCUT2D eigenvalue weighted by Gasteiger charge is 2.30. The number of hydrogen-bond acceptors (Lipinski definition) is 15. The minimum absolute atomic E-state index is 0.00592. The van der Waals surface area contributed by atoms with Crippen LogP contribution in [0, 0.1) is 0 Å². The molecule has 0 aliphatic carbocycles. The maximum atomic E-state index is 13.1. The summed E-state index contributed by atoms with van der Waals surface area (Å²) in [4.78, 5) is 73.1. The Kier molecular flexibility index (Phi) is 75.2. The van der Waals surface area contributed by atoms with E-state index in [0.717, 1.165) is 173 Å². The third-order valence-corrected chi connectivity index (χ3v) is 17.6. The molecule has 0 spiro atoms. The van der Waals surface area contributed by atoms with Gasteiger partial charge in [0.05, 0.1) is 32.8 Å². The van der Waals surface area contributed by atoms with Gasteiger partial charge in [0.15, 0.2) is 12.2 Å². The first kappa shape index (κ1) is 103. The van der Waals surface area contributed by atoms with Gasteiger partial charge in [-0.15, -0.1) is 0 Å². The van der Waals surface area contributed by atoms with Crippen molar-refractivity contribution < 1.29 is 80.2 Å². The summed E-state index contributed by atoms with van der Waals surface area (Å²) in [5, 5.41) is 10.7. The van der Waals surface area contributed by atoms with Gasteiger partial charge in [-0.05, 0) is 167 Å². The molecule has 19 heteroatoms. The minimum Gasteiger partial charge on any atom is -0.462 e. The third-order valence-electron chi connectivity index (χ3n) is 15.7. The number of aliphatic hydroxyl groups is 1. The first-order chi connectivity index (χ1) is 53.7. The molecule has 0 aromatic rings. The molecule has 0 amide bonds. The van der Waals surface area contributed by atoms with Crippen LogP contribution in [0.4, 0.5) is 0 Å². The Balaban J connectivity index is 5.57. The summed E-state index contributed by atoms with van der Waals surface area (Å²) in [5.74, 6) is -2.50. The second kappa shape index (κ2) is 80.2. The number of carbonyl (C=O) groups excluding carboxylic acids is 4. The standard InChI is InChI=1S/C91H140O17P2/c1-5-9-13-17-21-25-29-33-37-40-42-45-48-51-55-59-63-67-71-75-88(93)101-81-86(107-90(95)77-73-69-65-61-57-53-47-36-32-28-24-20-16-12-8-4)83-105-109(97,98)103-79-85(92)80-104-110(99,100)106-84-87(108-91(96)78-74-70-66-62-58-54-50-44-39-35-31-27-23-19-15-11-7-3)82-102-89(94)76-72-68-64-60-56-52-49-46-43-41-38-34-30-26-22-18-14-10-6-2/h9-16,21-28,33-39,42-43,45-47,51-52,55-57,61,63,67,69,73,85-87,92H,5-8,17-20,29-32,40-41,44,48-50,53-54,58-60,62,64-66,68,70-72,74-84H2,1-4H3,(H,97,98)(H,99,100)/b13-9-,14-10-,15-11-,16-12-,25-21-,26-22-,27-23-,28-24-,37-33-,38-34-,39-35-,45-42-,46-43-,47-36-,55-51-,56-52-,61-57-,67-63-,73-69-. The summed E-state index contributed by atoms with van der Waals surface area (Å²) in [6, 6.07) is 0. The fraction of sp³-hybridized carbons (Fsp3) is 0.538. The molecular formula is C91H140O17P2. The molecule has 616 valence electrons. The van der Waals surface area contributed by atoms with E-state index < -0.39 is 97.5 Å². The van der Waals surface area contributed by atoms with Crippen molar-refractivity contribution in [3.63, 3.8) is 0 Å². The Morgan fingerprint density at radius 1 is 0.264 bits per heavy atom. The highest BCUT2D eigenvalue weighted by Crippen LogP contribution is 2.45. The van der Waals surface area contributed by atoms with Gasteiger partial charge in [-0.3, -0.25) is 37.3 Å². The van der Waals surface area contributed by atoms with Crippen LogP contribution in [0.25, 0.3) is 0 Å². The zero-order valence-corrected chi connectivity index (χ0v) is 69.1. The van der Waals surface area contributed by atoms with Gasteiger partial charge in [-0.2, -0.15) is 0 Å². The Bertz CT molecular complexity index is 3000. The number of phosphoric ester groups is 2. The van der Waals surface area contributed by atoms with E-state index in [1.165, 1.54) is 0 Å². The van der Waals surface area contributed by atoms with Crippen molar-refractivity contribution >= 4 is 39.5 Å². The molecule has 5 atom stereocenters. The van der Waals surface area contributed by atoms with Crippen LogP contribution in [0.5, 0.6) is 0 Å². The number of carbonyl (C=O) groups is 4. The third kappa shape index (κ3) is 79.2. The van der Waals surface area contributed by atoms with Gasteiger partial charge in [0.1, 0.15) is 19.3 Å². The fourth-order valence-electron chi connectivity index (χ4n) is 9.65. The lowest BCUT2D eigenvalue weighted by Gasteiger charge is -2.21. The monoisotopic (exact) mass is 1570 g/mol. The number of ether oxygens (including phenoxy) is 4. The molecule has 0 saturated carbocycles. The van der Waals surface area contributed by atoms with E-state index in [1.54, 1.807) is 12.2 Å². The molecule has 0 fully saturated rings. The molecule has 17 nitrogen and oxygen atoms in total. The van der Waals surface area contributed by atoms with E-state index in [9.17, 15) is 43.2 Å². The lowest BCUT2D eigenvalue weighted by atomic mass is 10.1. The van der Waals surface area contributed by atoms with E-state index in [-0.39, 0.29) is 25.7 Å². The zero-order valence-electron chi connectivity index (χ0n) is 67.3. The van der Waals surface area contributed by atoms with Crippen LogP contribution in [0.2, 0.25) is 0 Å². The van der Waals surface area contributed by atoms with Gasteiger partial charge in [0.25, 0.3) is 0 Å². The highest BCUT2D eigenvalue weighted by atomic mass is 31.2. The number of rotatable bonds is 73. The smallest absolute Gasteiger partial charge is 0.462 e. The second-order valence-electron chi connectivity index (χ2n) is 25.8. The molecule has 0 heterocycles. The van der Waals surface area contributed by atoms with Gasteiger partial charge < -0.3 is 33.8 Å². The molecule has 0 saturated heterocycles. The van der Waals surface area contributed by atoms with Crippen LogP contribution in [-0.4, -0.2) is 96.7 Å². The van der Waals surface area contributed by atoms with Crippen molar-refractivity contribution in [3.05, 3.63) is 231 Å². The Morgan fingerprint density at radius 3 is 0.827 bits per heavy atom. The molecule has 0 aliphatic heterocycles. The van der Waals surface area contributed by atoms with Gasteiger partial charge in [0, 0.05) is 19.3 Å². The molecule has 0 radical (unpaired) electrons. The molecule has 0 rings (SSSR count). The average Bonchev–Trinajstić information content (AvgIpc) is 0.899. The lowest BCUT2D eigenvalue weighted by Crippen LogP contribution is -2.30. The summed E-state index contributed by atoms with van der Waals surface area (Å²) in [6.07, 6.45) is 104. The van der Waals surface area contributed by atoms with Crippen molar-refractivity contribution in [3.8, 4) is 0 Å². The SMILES string of the molecule is CC/C=C\C/C=C\C/C=C\C/C=C\C/C=C\C/C=C\CCC(=O)OCC(COP(=O)(O)OCC(O)COP(=O)(O)OCC(COC(=O)CCCCC/C=C\C/C=C\C/C=C\C/C=C\C/C=C\CC)OC(=O)CCCCCCCCC/C=C\C/C=C\C/C=C\CC)OC(=O)C/C=C\C/C=C\C/C=C\C/C=C\C/C=C\CC. The van der Waals surface area contributed by atoms with Gasteiger partial charge in [0.2, 0.25) is 0 Å². The average molecular weight is 1570 g/mol. The van der Waals surface area contributed by atoms with Crippen LogP contribution < -0.4 is 0 Å². The Labute approximate surface area is 664 Å². The molecular weight excluding hydrogens is 1430 g/mol. The van der Waals surface area contributed by atoms with Gasteiger partial charge in [-0.1, -0.05) is 297 Å². The summed E-state index contributed by atoms with van der Waals surface area (Å²) < 4.78 is 68.4. The highest BCUT2D eigenvalue weighted by molar-refractivity contribution is 7.47. The second-order valence-corrected chi connectivity index (χ2v) is 28.8. The minimum atomic E-state index is -5.04. The predicted octanol–water partition coefficient (Wildman–Crippen LogP) is 24.2. The maximum Gasteiger partial charge on any atom is 0.472 e. The van der Waals surface area contributed by atoms with Crippen LogP contribution >= 0.6 is 15.6 Å². The van der Waals surface area contributed by atoms with Crippen molar-refractivity contribution in [2.75, 3.05) is 39.6 Å². The van der Waals surface area contributed by atoms with E-state index in [2.05, 4.69) is 216 Å². The fourth-order valence-corrected chi connectivity index (χ4v) is 11.2. The lowest BCUT2D eigenvalue weighted by molar-refractivity contribution is -0.161. The van der Waals surface area contributed by atoms with Gasteiger partial charge in [-0.25, -0.2) is 9.13 Å². The summed E-state index contributed by atoms with van der Waals surface area (Å²) in [5.41, 5.74) is 0. The molecule has 0 bridgehead atoms. The maximum absolute atomic E-state index is 13.1. The molecule has 110 heavy (non-hydrogen) atoms. The number of phosphoric acid groups is 2. The first-order valence-electron chi connectivity index (χ1n) is 40.6. The van der Waals surface area contributed by atoms with Crippen molar-refractivity contribution in [1.29, 1.82) is 0 Å². The summed E-state index contributed by atoms with van der Waals surface area (Å²) in [7, 11) is -10.1. The Hall–Kier alpha value is -6.88. The van der Waals surface area contributed by atoms with E-state index in [4.69, 9.17) is 37.0 Å². The molecule has 3 N–H and O–H groups in total. The van der Waals surface area contributed by atoms with Crippen LogP contribution in [0.3, 0.4) is 0 Å². The van der Waals surface area contributed by atoms with E-state index >= 15 is 0 Å².